The fourth-order valence-corrected chi connectivity index (χ4v) is 8.25. The molecule has 3 aromatic rings. The summed E-state index contributed by atoms with van der Waals surface area (Å²) in [4.78, 5) is 85.4. The number of imide groups is 1. The van der Waals surface area contributed by atoms with Crippen LogP contribution in [-0.2, 0) is 51.3 Å². The predicted octanol–water partition coefficient (Wildman–Crippen LogP) is 2.09. The van der Waals surface area contributed by atoms with Crippen LogP contribution >= 0.6 is 11.3 Å². The Morgan fingerprint density at radius 2 is 1.77 bits per heavy atom. The van der Waals surface area contributed by atoms with Crippen molar-refractivity contribution in [1.82, 2.24) is 30.7 Å². The number of nitrogens with one attached hydrogen (secondary N) is 3. The van der Waals surface area contributed by atoms with Crippen molar-refractivity contribution in [3.63, 3.8) is 0 Å². The van der Waals surface area contributed by atoms with Crippen molar-refractivity contribution in [2.24, 2.45) is 5.41 Å². The number of hydrogen-bond acceptors (Lipinski definition) is 12. The summed E-state index contributed by atoms with van der Waals surface area (Å²) in [5, 5.41) is 18.5. The number of piperidine rings is 1. The van der Waals surface area contributed by atoms with E-state index in [0.717, 1.165) is 27.3 Å². The van der Waals surface area contributed by atoms with Gasteiger partial charge in [0, 0.05) is 43.6 Å². The molecule has 2 fully saturated rings. The lowest BCUT2D eigenvalue weighted by molar-refractivity contribution is -0.144. The highest BCUT2D eigenvalue weighted by Crippen LogP contribution is 2.31. The fraction of sp³-hybridized carbons (Fsp3) is 0.477. The SMILES string of the molecule is Cc1ncsc1-c1ccc(CNC(=O)[C@@H]2C[C@@H](O)CN2C(=O)[C@@H](NC(=O)COCCOCCOCC#Cc2cccc3c2CN(C2CCC(=O)NC2=O)C3=O)C(C)(C)C)cc1. The largest absolute Gasteiger partial charge is 0.391 e. The predicted molar refractivity (Wildman–Crippen MR) is 223 cm³/mol. The van der Waals surface area contributed by atoms with Crippen LogP contribution in [0.25, 0.3) is 10.4 Å². The number of β-amino-alcohol motifs (C(OH)–C–C–N with tert-alkyl or cyclic N) is 1. The number of ether oxygens (including phenoxy) is 3. The van der Waals surface area contributed by atoms with E-state index in [-0.39, 0.29) is 96.3 Å². The molecule has 0 spiro atoms. The summed E-state index contributed by atoms with van der Waals surface area (Å²) in [5.41, 5.74) is 5.86. The first-order valence-electron chi connectivity index (χ1n) is 20.2. The number of fused-ring (bicyclic) bond motifs is 1. The molecule has 16 nitrogen and oxygen atoms in total. The Morgan fingerprint density at radius 3 is 2.48 bits per heavy atom. The Bertz CT molecular complexity index is 2170. The molecule has 1 unspecified atom stereocenters. The molecule has 61 heavy (non-hydrogen) atoms. The number of aryl methyl sites for hydroxylation is 1. The zero-order valence-electron chi connectivity index (χ0n) is 34.8. The molecule has 2 saturated heterocycles. The quantitative estimate of drug-likeness (QED) is 0.0933. The number of carbonyl (C=O) groups is 6. The number of aromatic nitrogens is 1. The summed E-state index contributed by atoms with van der Waals surface area (Å²) < 4.78 is 16.6. The number of amides is 6. The summed E-state index contributed by atoms with van der Waals surface area (Å²) in [7, 11) is 0. The zero-order chi connectivity index (χ0) is 43.7. The zero-order valence-corrected chi connectivity index (χ0v) is 35.6. The van der Waals surface area contributed by atoms with Crippen molar-refractivity contribution in [3.8, 4) is 22.3 Å². The molecular weight excluding hydrogens is 805 g/mol. The molecule has 4 atom stereocenters. The Kier molecular flexibility index (Phi) is 15.0. The van der Waals surface area contributed by atoms with Crippen LogP contribution in [0.3, 0.4) is 0 Å². The smallest absolute Gasteiger partial charge is 0.255 e. The van der Waals surface area contributed by atoms with Gasteiger partial charge < -0.3 is 39.8 Å². The lowest BCUT2D eigenvalue weighted by Crippen LogP contribution is -2.58. The molecule has 17 heteroatoms. The molecule has 3 aliphatic heterocycles. The first kappa shape index (κ1) is 45.0. The highest BCUT2D eigenvalue weighted by atomic mass is 32.1. The summed E-state index contributed by atoms with van der Waals surface area (Å²) in [6, 6.07) is 10.5. The van der Waals surface area contributed by atoms with Crippen molar-refractivity contribution in [1.29, 1.82) is 0 Å². The summed E-state index contributed by atoms with van der Waals surface area (Å²) in [5.74, 6) is 3.57. The molecule has 0 saturated carbocycles. The molecule has 1 aromatic heterocycles. The van der Waals surface area contributed by atoms with Gasteiger partial charge >= 0.3 is 0 Å². The molecule has 0 aliphatic carbocycles. The van der Waals surface area contributed by atoms with Gasteiger partial charge in [0.1, 0.15) is 31.3 Å². The van der Waals surface area contributed by atoms with E-state index >= 15 is 0 Å². The number of carbonyl (C=O) groups excluding carboxylic acids is 6. The standard InChI is InChI=1S/C44H52N6O10S/c1-27-38(61-26-46-27)30-12-10-28(11-13-30)22-45-40(54)35-21-31(51)23-49(35)43(57)39(44(2,3)4)47-37(53)25-60-20-19-59-18-17-58-16-6-8-29-7-5-9-32-33(29)24-50(42(32)56)34-14-15-36(52)48-41(34)55/h5,7,9-13,26,31,34-35,39,51H,14-25H2,1-4H3,(H,45,54)(H,47,53)(H,48,52,55)/t31-,34?,35+,39-/m1/s1. The number of rotatable bonds is 16. The van der Waals surface area contributed by atoms with Crippen molar-refractivity contribution >= 4 is 46.8 Å². The van der Waals surface area contributed by atoms with Gasteiger partial charge in [-0.1, -0.05) is 62.9 Å². The van der Waals surface area contributed by atoms with Gasteiger partial charge in [0.25, 0.3) is 5.91 Å². The van der Waals surface area contributed by atoms with E-state index in [0.29, 0.717) is 11.1 Å². The van der Waals surface area contributed by atoms with E-state index in [1.54, 1.807) is 35.0 Å². The number of hydrogen-bond donors (Lipinski definition) is 4. The van der Waals surface area contributed by atoms with Crippen LogP contribution in [0.4, 0.5) is 0 Å². The van der Waals surface area contributed by atoms with Crippen molar-refractivity contribution in [3.05, 3.63) is 75.9 Å². The number of thiazole rings is 1. The van der Waals surface area contributed by atoms with Crippen LogP contribution in [0.2, 0.25) is 0 Å². The lowest BCUT2D eigenvalue weighted by atomic mass is 9.85. The molecule has 0 radical (unpaired) electrons. The average molecular weight is 857 g/mol. The minimum absolute atomic E-state index is 0.0314. The Balaban J connectivity index is 0.879. The summed E-state index contributed by atoms with van der Waals surface area (Å²) in [6.45, 7) is 8.45. The third kappa shape index (κ3) is 11.5. The lowest BCUT2D eigenvalue weighted by Gasteiger charge is -2.35. The maximum Gasteiger partial charge on any atom is 0.255 e. The van der Waals surface area contributed by atoms with Crippen LogP contribution in [0.5, 0.6) is 0 Å². The van der Waals surface area contributed by atoms with E-state index in [4.69, 9.17) is 14.2 Å². The molecule has 4 heterocycles. The topological polar surface area (TPSA) is 206 Å². The van der Waals surface area contributed by atoms with Crippen LogP contribution in [0.1, 0.15) is 72.8 Å². The normalized spacial score (nSPS) is 19.2. The fourth-order valence-electron chi connectivity index (χ4n) is 7.44. The van der Waals surface area contributed by atoms with Crippen molar-refractivity contribution in [2.45, 2.75) is 84.3 Å². The minimum Gasteiger partial charge on any atom is -0.391 e. The van der Waals surface area contributed by atoms with E-state index in [1.165, 1.54) is 9.80 Å². The second kappa shape index (κ2) is 20.4. The number of nitrogens with zero attached hydrogens (tertiary/aromatic N) is 3. The van der Waals surface area contributed by atoms with Crippen LogP contribution < -0.4 is 16.0 Å². The summed E-state index contributed by atoms with van der Waals surface area (Å²) >= 11 is 1.56. The van der Waals surface area contributed by atoms with E-state index < -0.39 is 47.4 Å². The first-order valence-corrected chi connectivity index (χ1v) is 21.1. The molecule has 6 amide bonds. The number of aliphatic hydroxyl groups excluding tert-OH is 1. The van der Waals surface area contributed by atoms with Gasteiger partial charge in [0.15, 0.2) is 0 Å². The third-order valence-corrected chi connectivity index (χ3v) is 11.6. The highest BCUT2D eigenvalue weighted by molar-refractivity contribution is 7.13. The maximum absolute atomic E-state index is 13.9. The first-order chi connectivity index (χ1) is 29.2. The molecule has 2 aromatic carbocycles. The van der Waals surface area contributed by atoms with Gasteiger partial charge in [0.05, 0.1) is 48.6 Å². The van der Waals surface area contributed by atoms with Crippen LogP contribution in [0.15, 0.2) is 48.0 Å². The van der Waals surface area contributed by atoms with Gasteiger partial charge in [-0.25, -0.2) is 4.98 Å². The Hall–Kier alpha value is -5.51. The summed E-state index contributed by atoms with van der Waals surface area (Å²) in [6.07, 6.45) is -0.335. The van der Waals surface area contributed by atoms with Crippen molar-refractivity contribution < 1.29 is 48.1 Å². The molecule has 4 N–H and O–H groups in total. The molecule has 324 valence electrons. The number of likely N-dealkylation sites (tertiary alicyclic amines) is 1. The highest BCUT2D eigenvalue weighted by Gasteiger charge is 2.44. The molecule has 0 bridgehead atoms. The monoisotopic (exact) mass is 856 g/mol. The van der Waals surface area contributed by atoms with E-state index in [9.17, 15) is 33.9 Å². The Labute approximate surface area is 358 Å². The van der Waals surface area contributed by atoms with E-state index in [2.05, 4.69) is 32.8 Å². The van der Waals surface area contributed by atoms with Gasteiger partial charge in [-0.2, -0.15) is 0 Å². The van der Waals surface area contributed by atoms with Gasteiger partial charge in [0.2, 0.25) is 29.5 Å². The Morgan fingerprint density at radius 1 is 1.03 bits per heavy atom. The number of aliphatic hydroxyl groups is 1. The second-order valence-corrected chi connectivity index (χ2v) is 17.0. The average Bonchev–Trinajstić information content (AvgIpc) is 3.94. The second-order valence-electron chi connectivity index (χ2n) is 16.2. The molecule has 3 aliphatic rings. The van der Waals surface area contributed by atoms with E-state index in [1.807, 2.05) is 52.0 Å². The van der Waals surface area contributed by atoms with Gasteiger partial charge in [-0.3, -0.25) is 34.1 Å². The van der Waals surface area contributed by atoms with Crippen molar-refractivity contribution in [2.75, 3.05) is 46.2 Å². The molecular formula is C44H52N6O10S. The third-order valence-electron chi connectivity index (χ3n) is 10.7. The maximum atomic E-state index is 13.9. The van der Waals surface area contributed by atoms with Gasteiger partial charge in [-0.15, -0.1) is 11.3 Å². The van der Waals surface area contributed by atoms with Gasteiger partial charge in [-0.05, 0) is 47.6 Å². The number of benzene rings is 2. The van der Waals surface area contributed by atoms with Crippen LogP contribution in [-0.4, -0.2) is 126 Å². The molecule has 6 rings (SSSR count). The minimum atomic E-state index is -0.985. The van der Waals surface area contributed by atoms with Crippen LogP contribution in [0, 0.1) is 24.2 Å².